The summed E-state index contributed by atoms with van der Waals surface area (Å²) in [5, 5.41) is 4.37. The molecule has 1 fully saturated rings. The Bertz CT molecular complexity index is 481. The minimum absolute atomic E-state index is 0.154. The molecule has 5 nitrogen and oxygen atoms in total. The van der Waals surface area contributed by atoms with Crippen molar-refractivity contribution in [1.29, 1.82) is 0 Å². The molecule has 1 atom stereocenters. The number of piperidine rings is 1. The molecule has 0 aliphatic carbocycles. The van der Waals surface area contributed by atoms with Gasteiger partial charge in [-0.05, 0) is 46.7 Å². The van der Waals surface area contributed by atoms with Crippen molar-refractivity contribution in [2.45, 2.75) is 52.1 Å². The Balaban J connectivity index is 2.16. The highest BCUT2D eigenvalue weighted by Crippen LogP contribution is 2.21. The fourth-order valence-electron chi connectivity index (χ4n) is 3.13. The van der Waals surface area contributed by atoms with E-state index in [4.69, 9.17) is 0 Å². The summed E-state index contributed by atoms with van der Waals surface area (Å²) < 4.78 is 1.94. The average Bonchev–Trinajstić information content (AvgIpc) is 2.80. The third kappa shape index (κ3) is 3.64. The van der Waals surface area contributed by atoms with Gasteiger partial charge in [0.25, 0.3) is 5.91 Å². The smallest absolute Gasteiger partial charge is 0.257 e. The Hall–Kier alpha value is -1.36. The highest BCUT2D eigenvalue weighted by atomic mass is 16.2. The Morgan fingerprint density at radius 3 is 2.86 bits per heavy atom. The van der Waals surface area contributed by atoms with Gasteiger partial charge in [-0.1, -0.05) is 6.92 Å². The lowest BCUT2D eigenvalue weighted by Crippen LogP contribution is -2.48. The van der Waals surface area contributed by atoms with E-state index in [2.05, 4.69) is 35.9 Å². The minimum atomic E-state index is 0.154. The second kappa shape index (κ2) is 7.07. The van der Waals surface area contributed by atoms with Gasteiger partial charge in [0.2, 0.25) is 0 Å². The lowest BCUT2D eigenvalue weighted by Gasteiger charge is -2.37. The summed E-state index contributed by atoms with van der Waals surface area (Å²) in [5.74, 6) is 0.154. The van der Waals surface area contributed by atoms with Crippen LogP contribution in [0.5, 0.6) is 0 Å². The van der Waals surface area contributed by atoms with Gasteiger partial charge in [0.05, 0.1) is 11.8 Å². The number of aromatic nitrogens is 2. The summed E-state index contributed by atoms with van der Waals surface area (Å²) in [5.41, 5.74) is 1.77. The van der Waals surface area contributed by atoms with Crippen LogP contribution in [0.15, 0.2) is 6.20 Å². The van der Waals surface area contributed by atoms with E-state index in [0.29, 0.717) is 6.04 Å². The molecule has 2 heterocycles. The molecular weight excluding hydrogens is 264 g/mol. The summed E-state index contributed by atoms with van der Waals surface area (Å²) >= 11 is 0. The molecule has 0 spiro atoms. The highest BCUT2D eigenvalue weighted by Gasteiger charge is 2.29. The molecule has 118 valence electrons. The molecule has 21 heavy (non-hydrogen) atoms. The van der Waals surface area contributed by atoms with Crippen LogP contribution < -0.4 is 0 Å². The van der Waals surface area contributed by atoms with Crippen LogP contribution in [-0.4, -0.2) is 58.7 Å². The number of carbonyl (C=O) groups excluding carboxylic acids is 1. The number of carbonyl (C=O) groups is 1. The number of hydrogen-bond acceptors (Lipinski definition) is 3. The van der Waals surface area contributed by atoms with Crippen molar-refractivity contribution in [2.24, 2.45) is 0 Å². The molecule has 5 heteroatoms. The van der Waals surface area contributed by atoms with E-state index in [-0.39, 0.29) is 5.91 Å². The molecule has 1 saturated heterocycles. The number of aryl methyl sites for hydroxylation is 1. The summed E-state index contributed by atoms with van der Waals surface area (Å²) in [6.45, 7) is 6.81. The highest BCUT2D eigenvalue weighted by molar-refractivity contribution is 5.95. The third-order valence-corrected chi connectivity index (χ3v) is 4.23. The zero-order valence-corrected chi connectivity index (χ0v) is 13.8. The average molecular weight is 292 g/mol. The molecule has 2 rings (SSSR count). The fourth-order valence-corrected chi connectivity index (χ4v) is 3.13. The lowest BCUT2D eigenvalue weighted by molar-refractivity contribution is 0.0574. The minimum Gasteiger partial charge on any atom is -0.334 e. The monoisotopic (exact) mass is 292 g/mol. The molecule has 0 unspecified atom stereocenters. The van der Waals surface area contributed by atoms with E-state index in [1.165, 1.54) is 6.42 Å². The lowest BCUT2D eigenvalue weighted by atomic mass is 10.0. The molecular formula is C16H28N4O. The SMILES string of the molecule is CCCn1ncc(C(=O)N2CCCC[C@@H]2CN(C)C)c1C. The maximum absolute atomic E-state index is 12.9. The van der Waals surface area contributed by atoms with Gasteiger partial charge in [0.1, 0.15) is 0 Å². The molecule has 1 aromatic rings. The Morgan fingerprint density at radius 1 is 1.43 bits per heavy atom. The van der Waals surface area contributed by atoms with Crippen LogP contribution in [0, 0.1) is 6.92 Å². The first-order valence-electron chi connectivity index (χ1n) is 8.02. The molecule has 1 aromatic heterocycles. The fraction of sp³-hybridized carbons (Fsp3) is 0.750. The van der Waals surface area contributed by atoms with Crippen LogP contribution >= 0.6 is 0 Å². The van der Waals surface area contributed by atoms with E-state index < -0.39 is 0 Å². The molecule has 1 amide bonds. The van der Waals surface area contributed by atoms with Gasteiger partial charge >= 0.3 is 0 Å². The first-order chi connectivity index (χ1) is 10.0. The molecule has 1 aliphatic rings. The van der Waals surface area contributed by atoms with Crippen molar-refractivity contribution in [3.05, 3.63) is 17.5 Å². The maximum Gasteiger partial charge on any atom is 0.257 e. The van der Waals surface area contributed by atoms with Crippen LogP contribution in [0.25, 0.3) is 0 Å². The summed E-state index contributed by atoms with van der Waals surface area (Å²) in [6, 6.07) is 0.329. The van der Waals surface area contributed by atoms with Gasteiger partial charge < -0.3 is 9.80 Å². The van der Waals surface area contributed by atoms with Crippen molar-refractivity contribution in [2.75, 3.05) is 27.2 Å². The second-order valence-electron chi connectivity index (χ2n) is 6.28. The number of hydrogen-bond donors (Lipinski definition) is 0. The largest absolute Gasteiger partial charge is 0.334 e. The van der Waals surface area contributed by atoms with E-state index in [1.807, 2.05) is 11.6 Å². The predicted octanol–water partition coefficient (Wildman–Crippen LogP) is 2.16. The predicted molar refractivity (Wildman–Crippen MR) is 84.5 cm³/mol. The van der Waals surface area contributed by atoms with E-state index in [1.54, 1.807) is 6.20 Å². The van der Waals surface area contributed by atoms with Crippen molar-refractivity contribution < 1.29 is 4.79 Å². The third-order valence-electron chi connectivity index (χ3n) is 4.23. The Labute approximate surface area is 127 Å². The van der Waals surface area contributed by atoms with E-state index >= 15 is 0 Å². The topological polar surface area (TPSA) is 41.4 Å². The number of amides is 1. The van der Waals surface area contributed by atoms with Crippen molar-refractivity contribution in [3.8, 4) is 0 Å². The molecule has 0 N–H and O–H groups in total. The summed E-state index contributed by atoms with van der Waals surface area (Å²) in [6.07, 6.45) is 6.21. The van der Waals surface area contributed by atoms with Crippen LogP contribution in [0.2, 0.25) is 0 Å². The molecule has 0 saturated carbocycles. The quantitative estimate of drug-likeness (QED) is 0.835. The van der Waals surface area contributed by atoms with Crippen molar-refractivity contribution in [1.82, 2.24) is 19.6 Å². The van der Waals surface area contributed by atoms with Gasteiger partial charge in [-0.15, -0.1) is 0 Å². The molecule has 1 aliphatic heterocycles. The standard InChI is InChI=1S/C16H28N4O/c1-5-9-20-13(2)15(11-17-20)16(21)19-10-7-6-8-14(19)12-18(3)4/h11,14H,5-10,12H2,1-4H3/t14-/m1/s1. The number of likely N-dealkylation sites (N-methyl/N-ethyl adjacent to an activating group) is 1. The van der Waals surface area contributed by atoms with E-state index in [9.17, 15) is 4.79 Å². The zero-order chi connectivity index (χ0) is 15.4. The van der Waals surface area contributed by atoms with Crippen molar-refractivity contribution >= 4 is 5.91 Å². The number of rotatable bonds is 5. The van der Waals surface area contributed by atoms with Crippen LogP contribution in [0.4, 0.5) is 0 Å². The van der Waals surface area contributed by atoms with Crippen LogP contribution in [0.1, 0.15) is 48.7 Å². The first kappa shape index (κ1) is 16.0. The second-order valence-corrected chi connectivity index (χ2v) is 6.28. The van der Waals surface area contributed by atoms with Gasteiger partial charge in [-0.3, -0.25) is 9.48 Å². The number of nitrogens with zero attached hydrogens (tertiary/aromatic N) is 4. The summed E-state index contributed by atoms with van der Waals surface area (Å²) in [7, 11) is 4.14. The zero-order valence-electron chi connectivity index (χ0n) is 13.8. The maximum atomic E-state index is 12.9. The van der Waals surface area contributed by atoms with Gasteiger partial charge in [0.15, 0.2) is 0 Å². The van der Waals surface area contributed by atoms with Gasteiger partial charge in [0, 0.05) is 31.4 Å². The summed E-state index contributed by atoms with van der Waals surface area (Å²) in [4.78, 5) is 17.1. The van der Waals surface area contributed by atoms with Gasteiger partial charge in [-0.25, -0.2) is 0 Å². The van der Waals surface area contributed by atoms with Crippen molar-refractivity contribution in [3.63, 3.8) is 0 Å². The Kier molecular flexibility index (Phi) is 5.39. The molecule has 0 bridgehead atoms. The first-order valence-corrected chi connectivity index (χ1v) is 8.02. The Morgan fingerprint density at radius 2 is 2.19 bits per heavy atom. The normalized spacial score (nSPS) is 19.3. The van der Waals surface area contributed by atoms with Crippen LogP contribution in [0.3, 0.4) is 0 Å². The number of likely N-dealkylation sites (tertiary alicyclic amines) is 1. The van der Waals surface area contributed by atoms with Crippen LogP contribution in [-0.2, 0) is 6.54 Å². The molecule has 0 radical (unpaired) electrons. The molecule has 0 aromatic carbocycles. The van der Waals surface area contributed by atoms with E-state index in [0.717, 1.165) is 50.2 Å². The van der Waals surface area contributed by atoms with Gasteiger partial charge in [-0.2, -0.15) is 5.10 Å².